The van der Waals surface area contributed by atoms with Crippen molar-refractivity contribution in [1.29, 1.82) is 0 Å². The maximum Gasteiger partial charge on any atom is 0.254 e. The number of methoxy groups -OCH3 is 1. The van der Waals surface area contributed by atoms with E-state index in [0.717, 1.165) is 18.4 Å². The molecule has 0 unspecified atom stereocenters. The average Bonchev–Trinajstić information content (AvgIpc) is 3.39. The fraction of sp³-hybridized carbons (Fsp3) is 0.357. The van der Waals surface area contributed by atoms with Gasteiger partial charge >= 0.3 is 0 Å². The van der Waals surface area contributed by atoms with Crippen LogP contribution in [0.15, 0.2) is 60.0 Å². The van der Waals surface area contributed by atoms with Gasteiger partial charge in [-0.2, -0.15) is 0 Å². The average molecular weight is 527 g/mol. The molecule has 8 heteroatoms. The third-order valence-corrected chi connectivity index (χ3v) is 7.89. The molecule has 36 heavy (non-hydrogen) atoms. The standard InChI is InChI=1S/C28H31ClN2O4S/c1-4-19(2)31(28(33)20-6-5-7-23(16-20)34-3)17-27(32)30-14-12-26-24(13-15-36-26)25(30)18-35-22-10-8-21(29)9-11-22/h5-11,13,15-16,19,25H,4,12,14,17-18H2,1-3H3/t19-,25-/m1/s1. The molecule has 1 aliphatic rings. The molecule has 1 aliphatic heterocycles. The molecule has 3 aromatic rings. The molecule has 0 fully saturated rings. The lowest BCUT2D eigenvalue weighted by molar-refractivity contribution is -0.136. The molecule has 6 nitrogen and oxygen atoms in total. The van der Waals surface area contributed by atoms with Crippen LogP contribution in [0.25, 0.3) is 0 Å². The van der Waals surface area contributed by atoms with Crippen LogP contribution in [0, 0.1) is 0 Å². The predicted octanol–water partition coefficient (Wildman–Crippen LogP) is 5.86. The van der Waals surface area contributed by atoms with E-state index in [1.165, 1.54) is 4.88 Å². The van der Waals surface area contributed by atoms with E-state index in [4.69, 9.17) is 21.1 Å². The van der Waals surface area contributed by atoms with Crippen molar-refractivity contribution in [1.82, 2.24) is 9.80 Å². The number of rotatable bonds is 9. The van der Waals surface area contributed by atoms with Crippen molar-refractivity contribution >= 4 is 34.8 Å². The second kappa shape index (κ2) is 11.8. The zero-order valence-electron chi connectivity index (χ0n) is 20.8. The Kier molecular flexibility index (Phi) is 8.54. The van der Waals surface area contributed by atoms with Gasteiger partial charge in [-0.25, -0.2) is 0 Å². The molecule has 0 radical (unpaired) electrons. The van der Waals surface area contributed by atoms with Gasteiger partial charge in [-0.3, -0.25) is 9.59 Å². The quantitative estimate of drug-likeness (QED) is 0.350. The number of nitrogens with zero attached hydrogens (tertiary/aromatic N) is 2. The van der Waals surface area contributed by atoms with Crippen LogP contribution in [-0.2, 0) is 11.2 Å². The Morgan fingerprint density at radius 3 is 2.67 bits per heavy atom. The third kappa shape index (κ3) is 5.85. The molecule has 2 heterocycles. The highest BCUT2D eigenvalue weighted by Crippen LogP contribution is 2.34. The summed E-state index contributed by atoms with van der Waals surface area (Å²) in [7, 11) is 1.57. The lowest BCUT2D eigenvalue weighted by atomic mass is 10.00. The van der Waals surface area contributed by atoms with Crippen LogP contribution in [0.4, 0.5) is 0 Å². The summed E-state index contributed by atoms with van der Waals surface area (Å²) in [5.41, 5.74) is 1.62. The van der Waals surface area contributed by atoms with Gasteiger partial charge in [-0.1, -0.05) is 24.6 Å². The Labute approximate surface area is 221 Å². The number of hydrogen-bond acceptors (Lipinski definition) is 5. The van der Waals surface area contributed by atoms with Gasteiger partial charge in [-0.05, 0) is 79.2 Å². The molecule has 0 bridgehead atoms. The van der Waals surface area contributed by atoms with Crippen LogP contribution in [0.1, 0.15) is 47.1 Å². The molecule has 0 saturated carbocycles. The minimum absolute atomic E-state index is 0.00195. The number of fused-ring (bicyclic) bond motifs is 1. The van der Waals surface area contributed by atoms with Crippen molar-refractivity contribution < 1.29 is 19.1 Å². The van der Waals surface area contributed by atoms with E-state index in [1.54, 1.807) is 59.7 Å². The van der Waals surface area contributed by atoms with Gasteiger partial charge in [-0.15, -0.1) is 11.3 Å². The van der Waals surface area contributed by atoms with Crippen LogP contribution >= 0.6 is 22.9 Å². The monoisotopic (exact) mass is 526 g/mol. The van der Waals surface area contributed by atoms with Gasteiger partial charge in [0.25, 0.3) is 5.91 Å². The summed E-state index contributed by atoms with van der Waals surface area (Å²) in [6.07, 6.45) is 1.53. The van der Waals surface area contributed by atoms with Crippen LogP contribution < -0.4 is 9.47 Å². The van der Waals surface area contributed by atoms with Gasteiger partial charge < -0.3 is 19.3 Å². The number of halogens is 1. The van der Waals surface area contributed by atoms with Crippen molar-refractivity contribution in [3.63, 3.8) is 0 Å². The molecule has 0 N–H and O–H groups in total. The van der Waals surface area contributed by atoms with Crippen LogP contribution in [0.3, 0.4) is 0 Å². The summed E-state index contributed by atoms with van der Waals surface area (Å²) >= 11 is 7.71. The van der Waals surface area contributed by atoms with Gasteiger partial charge in [0.1, 0.15) is 24.7 Å². The summed E-state index contributed by atoms with van der Waals surface area (Å²) < 4.78 is 11.4. The summed E-state index contributed by atoms with van der Waals surface area (Å²) in [5.74, 6) is 1.03. The highest BCUT2D eigenvalue weighted by molar-refractivity contribution is 7.10. The molecular weight excluding hydrogens is 496 g/mol. The maximum atomic E-state index is 13.7. The molecular formula is C28H31ClN2O4S. The van der Waals surface area contributed by atoms with E-state index >= 15 is 0 Å². The van der Waals surface area contributed by atoms with Crippen molar-refractivity contribution in [3.05, 3.63) is 81.0 Å². The second-order valence-electron chi connectivity index (χ2n) is 8.84. The van der Waals surface area contributed by atoms with E-state index in [2.05, 4.69) is 11.4 Å². The minimum Gasteiger partial charge on any atom is -0.497 e. The molecule has 0 saturated heterocycles. The van der Waals surface area contributed by atoms with E-state index in [0.29, 0.717) is 35.2 Å². The largest absolute Gasteiger partial charge is 0.497 e. The van der Waals surface area contributed by atoms with Gasteiger partial charge in [0.05, 0.1) is 13.2 Å². The SMILES string of the molecule is CC[C@@H](C)N(CC(=O)N1CCc2sccc2[C@H]1COc1ccc(Cl)cc1)C(=O)c1cccc(OC)c1. The molecule has 2 amide bonds. The molecule has 1 aromatic heterocycles. The fourth-order valence-electron chi connectivity index (χ4n) is 4.39. The number of carbonyl (C=O) groups is 2. The van der Waals surface area contributed by atoms with Crippen LogP contribution in [0.2, 0.25) is 5.02 Å². The number of ether oxygens (including phenoxy) is 2. The number of thiophene rings is 1. The summed E-state index contributed by atoms with van der Waals surface area (Å²) in [6.45, 7) is 4.90. The van der Waals surface area contributed by atoms with Gasteiger partial charge in [0, 0.05) is 28.0 Å². The third-order valence-electron chi connectivity index (χ3n) is 6.64. The smallest absolute Gasteiger partial charge is 0.254 e. The van der Waals surface area contributed by atoms with E-state index < -0.39 is 0 Å². The predicted molar refractivity (Wildman–Crippen MR) is 143 cm³/mol. The van der Waals surface area contributed by atoms with Crippen LogP contribution in [0.5, 0.6) is 11.5 Å². The molecule has 2 atom stereocenters. The van der Waals surface area contributed by atoms with Crippen molar-refractivity contribution in [2.45, 2.75) is 38.8 Å². The lowest BCUT2D eigenvalue weighted by Crippen LogP contribution is -2.49. The van der Waals surface area contributed by atoms with E-state index in [9.17, 15) is 9.59 Å². The minimum atomic E-state index is -0.228. The maximum absolute atomic E-state index is 13.7. The van der Waals surface area contributed by atoms with E-state index in [1.807, 2.05) is 30.9 Å². The zero-order valence-corrected chi connectivity index (χ0v) is 22.3. The number of hydrogen-bond donors (Lipinski definition) is 0. The Morgan fingerprint density at radius 1 is 1.17 bits per heavy atom. The Morgan fingerprint density at radius 2 is 1.94 bits per heavy atom. The van der Waals surface area contributed by atoms with Crippen molar-refractivity contribution in [2.24, 2.45) is 0 Å². The van der Waals surface area contributed by atoms with E-state index in [-0.39, 0.29) is 30.4 Å². The highest BCUT2D eigenvalue weighted by Gasteiger charge is 2.34. The number of carbonyl (C=O) groups excluding carboxylic acids is 2. The normalized spacial score (nSPS) is 15.7. The summed E-state index contributed by atoms with van der Waals surface area (Å²) in [4.78, 5) is 32.0. The van der Waals surface area contributed by atoms with Crippen LogP contribution in [-0.4, -0.2) is 54.5 Å². The molecule has 0 spiro atoms. The zero-order chi connectivity index (χ0) is 25.7. The molecule has 2 aromatic carbocycles. The lowest BCUT2D eigenvalue weighted by Gasteiger charge is -2.38. The topological polar surface area (TPSA) is 59.1 Å². The number of amides is 2. The van der Waals surface area contributed by atoms with Gasteiger partial charge in [0.15, 0.2) is 0 Å². The first kappa shape index (κ1) is 26.0. The highest BCUT2D eigenvalue weighted by atomic mass is 35.5. The molecule has 4 rings (SSSR count). The first-order chi connectivity index (χ1) is 17.4. The molecule has 190 valence electrons. The van der Waals surface area contributed by atoms with Crippen molar-refractivity contribution in [2.75, 3.05) is 26.8 Å². The second-order valence-corrected chi connectivity index (χ2v) is 10.3. The Balaban J connectivity index is 1.54. The Bertz CT molecular complexity index is 1200. The van der Waals surface area contributed by atoms with Crippen molar-refractivity contribution in [3.8, 4) is 11.5 Å². The summed E-state index contributed by atoms with van der Waals surface area (Å²) in [5, 5.41) is 2.70. The Hall–Kier alpha value is -3.03. The van der Waals surface area contributed by atoms with Gasteiger partial charge in [0.2, 0.25) is 5.91 Å². The fourth-order valence-corrected chi connectivity index (χ4v) is 5.44. The first-order valence-corrected chi connectivity index (χ1v) is 13.4. The molecule has 0 aliphatic carbocycles. The first-order valence-electron chi connectivity index (χ1n) is 12.1. The summed E-state index contributed by atoms with van der Waals surface area (Å²) in [6, 6.07) is 16.0. The number of benzene rings is 2.